The zero-order chi connectivity index (χ0) is 10.7. The molecule has 0 aromatic carbocycles. The Bertz CT molecular complexity index is 291. The van der Waals surface area contributed by atoms with Crippen LogP contribution in [0.2, 0.25) is 0 Å². The maximum atomic E-state index is 5.83. The molecule has 1 aromatic heterocycles. The Labute approximate surface area is 85.7 Å². The molecule has 0 aliphatic rings. The Hall–Kier alpha value is -0.990. The van der Waals surface area contributed by atoms with E-state index in [-0.39, 0.29) is 0 Å². The van der Waals surface area contributed by atoms with Crippen LogP contribution in [0.15, 0.2) is 4.52 Å². The predicted molar refractivity (Wildman–Crippen MR) is 58.0 cm³/mol. The molecule has 1 unspecified atom stereocenters. The van der Waals surface area contributed by atoms with Gasteiger partial charge in [0.1, 0.15) is 5.69 Å². The van der Waals surface area contributed by atoms with Crippen LogP contribution in [0.25, 0.3) is 0 Å². The van der Waals surface area contributed by atoms with Gasteiger partial charge in [0.05, 0.1) is 5.69 Å². The van der Waals surface area contributed by atoms with Gasteiger partial charge >= 0.3 is 0 Å². The maximum absolute atomic E-state index is 5.83. The molecule has 3 heteroatoms. The number of aryl methyl sites for hydroxylation is 1. The number of hydrogen-bond acceptors (Lipinski definition) is 3. The number of aromatic nitrogens is 1. The van der Waals surface area contributed by atoms with Crippen LogP contribution in [-0.4, -0.2) is 5.16 Å². The molecule has 14 heavy (non-hydrogen) atoms. The molecule has 0 aliphatic carbocycles. The van der Waals surface area contributed by atoms with Gasteiger partial charge < -0.3 is 10.3 Å². The molecule has 1 atom stereocenters. The first kappa shape index (κ1) is 11.1. The second kappa shape index (κ2) is 4.49. The van der Waals surface area contributed by atoms with Crippen LogP contribution in [0.5, 0.6) is 0 Å². The molecule has 2 N–H and O–H groups in total. The van der Waals surface area contributed by atoms with Crippen molar-refractivity contribution in [2.24, 2.45) is 11.8 Å². The van der Waals surface area contributed by atoms with Crippen LogP contribution in [-0.2, 0) is 6.42 Å². The van der Waals surface area contributed by atoms with E-state index in [2.05, 4.69) is 25.9 Å². The minimum atomic E-state index is 0.602. The molecule has 0 amide bonds. The standard InChI is InChI=1S/C11H20N2O/c1-7(2)5-8(3)6-10-11(12)9(4)13-14-10/h7-8H,5-6,12H2,1-4H3. The van der Waals surface area contributed by atoms with Gasteiger partial charge in [0.2, 0.25) is 0 Å². The number of nitrogens with zero attached hydrogens (tertiary/aromatic N) is 1. The first-order valence-corrected chi connectivity index (χ1v) is 5.21. The molecule has 0 radical (unpaired) electrons. The highest BCUT2D eigenvalue weighted by molar-refractivity contribution is 5.45. The van der Waals surface area contributed by atoms with Gasteiger partial charge in [-0.3, -0.25) is 0 Å². The summed E-state index contributed by atoms with van der Waals surface area (Å²) in [4.78, 5) is 0. The third-order valence-corrected chi connectivity index (χ3v) is 2.39. The van der Waals surface area contributed by atoms with Crippen molar-refractivity contribution in [2.45, 2.75) is 40.5 Å². The minimum Gasteiger partial charge on any atom is -0.394 e. The number of rotatable bonds is 4. The monoisotopic (exact) mass is 196 g/mol. The van der Waals surface area contributed by atoms with Crippen molar-refractivity contribution in [1.82, 2.24) is 5.16 Å². The van der Waals surface area contributed by atoms with Crippen molar-refractivity contribution in [1.29, 1.82) is 0 Å². The summed E-state index contributed by atoms with van der Waals surface area (Å²) in [5.74, 6) is 2.16. The van der Waals surface area contributed by atoms with Crippen LogP contribution >= 0.6 is 0 Å². The zero-order valence-electron chi connectivity index (χ0n) is 9.50. The molecule has 0 saturated heterocycles. The van der Waals surface area contributed by atoms with Crippen LogP contribution in [0.4, 0.5) is 5.69 Å². The van der Waals surface area contributed by atoms with E-state index >= 15 is 0 Å². The van der Waals surface area contributed by atoms with E-state index in [1.165, 1.54) is 6.42 Å². The lowest BCUT2D eigenvalue weighted by atomic mass is 9.95. The number of nitrogens with two attached hydrogens (primary N) is 1. The van der Waals surface area contributed by atoms with Gasteiger partial charge in [0.15, 0.2) is 5.76 Å². The van der Waals surface area contributed by atoms with Gasteiger partial charge in [-0.2, -0.15) is 0 Å². The average Bonchev–Trinajstić information content (AvgIpc) is 2.34. The summed E-state index contributed by atoms with van der Waals surface area (Å²) in [6.45, 7) is 8.55. The molecule has 1 heterocycles. The van der Waals surface area contributed by atoms with Crippen molar-refractivity contribution in [3.8, 4) is 0 Å². The van der Waals surface area contributed by atoms with Crippen molar-refractivity contribution in [2.75, 3.05) is 5.73 Å². The Kier molecular flexibility index (Phi) is 3.55. The second-order valence-electron chi connectivity index (χ2n) is 4.54. The molecular formula is C11H20N2O. The highest BCUT2D eigenvalue weighted by atomic mass is 16.5. The summed E-state index contributed by atoms with van der Waals surface area (Å²) in [6.07, 6.45) is 2.09. The number of nitrogen functional groups attached to an aromatic ring is 1. The summed E-state index contributed by atoms with van der Waals surface area (Å²) in [7, 11) is 0. The maximum Gasteiger partial charge on any atom is 0.160 e. The number of hydrogen-bond donors (Lipinski definition) is 1. The summed E-state index contributed by atoms with van der Waals surface area (Å²) >= 11 is 0. The molecule has 1 aromatic rings. The van der Waals surface area contributed by atoms with Crippen LogP contribution < -0.4 is 5.73 Å². The Morgan fingerprint density at radius 2 is 2.00 bits per heavy atom. The summed E-state index contributed by atoms with van der Waals surface area (Å²) in [5, 5.41) is 3.85. The molecule has 3 nitrogen and oxygen atoms in total. The highest BCUT2D eigenvalue weighted by Gasteiger charge is 2.13. The normalized spacial score (nSPS) is 13.5. The first-order valence-electron chi connectivity index (χ1n) is 5.21. The summed E-state index contributed by atoms with van der Waals surface area (Å²) in [6, 6.07) is 0. The fraction of sp³-hybridized carbons (Fsp3) is 0.727. The van der Waals surface area contributed by atoms with Crippen molar-refractivity contribution >= 4 is 5.69 Å². The predicted octanol–water partition coefficient (Wildman–Crippen LogP) is 2.79. The Balaban J connectivity index is 2.56. The molecule has 0 saturated carbocycles. The topological polar surface area (TPSA) is 52.0 Å². The third-order valence-electron chi connectivity index (χ3n) is 2.39. The zero-order valence-corrected chi connectivity index (χ0v) is 9.50. The van der Waals surface area contributed by atoms with E-state index in [4.69, 9.17) is 10.3 Å². The Morgan fingerprint density at radius 1 is 1.36 bits per heavy atom. The molecular weight excluding hydrogens is 176 g/mol. The van der Waals surface area contributed by atoms with E-state index in [1.807, 2.05) is 6.92 Å². The van der Waals surface area contributed by atoms with E-state index in [9.17, 15) is 0 Å². The minimum absolute atomic E-state index is 0.602. The fourth-order valence-electron chi connectivity index (χ4n) is 1.78. The van der Waals surface area contributed by atoms with E-state index in [0.29, 0.717) is 5.92 Å². The lowest BCUT2D eigenvalue weighted by Gasteiger charge is -2.11. The Morgan fingerprint density at radius 3 is 2.43 bits per heavy atom. The average molecular weight is 196 g/mol. The van der Waals surface area contributed by atoms with Crippen LogP contribution in [0, 0.1) is 18.8 Å². The van der Waals surface area contributed by atoms with Gasteiger partial charge in [0.25, 0.3) is 0 Å². The number of anilines is 1. The van der Waals surface area contributed by atoms with Crippen molar-refractivity contribution in [3.63, 3.8) is 0 Å². The SMILES string of the molecule is Cc1noc(CC(C)CC(C)C)c1N. The fourth-order valence-corrected chi connectivity index (χ4v) is 1.78. The first-order chi connectivity index (χ1) is 6.50. The molecule has 80 valence electrons. The molecule has 0 aliphatic heterocycles. The molecule has 0 bridgehead atoms. The van der Waals surface area contributed by atoms with Crippen LogP contribution in [0.3, 0.4) is 0 Å². The molecule has 1 rings (SSSR count). The van der Waals surface area contributed by atoms with Gasteiger partial charge in [-0.05, 0) is 25.2 Å². The highest BCUT2D eigenvalue weighted by Crippen LogP contribution is 2.22. The summed E-state index contributed by atoms with van der Waals surface area (Å²) < 4.78 is 5.17. The quantitative estimate of drug-likeness (QED) is 0.805. The lowest BCUT2D eigenvalue weighted by molar-refractivity contribution is 0.344. The second-order valence-corrected chi connectivity index (χ2v) is 4.54. The van der Waals surface area contributed by atoms with Gasteiger partial charge in [-0.1, -0.05) is 25.9 Å². The smallest absolute Gasteiger partial charge is 0.160 e. The molecule has 0 fully saturated rings. The van der Waals surface area contributed by atoms with Gasteiger partial charge in [0, 0.05) is 6.42 Å². The van der Waals surface area contributed by atoms with Crippen LogP contribution in [0.1, 0.15) is 38.6 Å². The van der Waals surface area contributed by atoms with E-state index in [1.54, 1.807) is 0 Å². The van der Waals surface area contributed by atoms with Crippen molar-refractivity contribution in [3.05, 3.63) is 11.5 Å². The van der Waals surface area contributed by atoms with Gasteiger partial charge in [-0.25, -0.2) is 0 Å². The lowest BCUT2D eigenvalue weighted by Crippen LogP contribution is -2.04. The third kappa shape index (κ3) is 2.76. The largest absolute Gasteiger partial charge is 0.394 e. The molecule has 0 spiro atoms. The van der Waals surface area contributed by atoms with E-state index in [0.717, 1.165) is 29.5 Å². The van der Waals surface area contributed by atoms with E-state index < -0.39 is 0 Å². The summed E-state index contributed by atoms with van der Waals surface area (Å²) in [5.41, 5.74) is 7.35. The van der Waals surface area contributed by atoms with Gasteiger partial charge in [-0.15, -0.1) is 0 Å². The van der Waals surface area contributed by atoms with Crippen molar-refractivity contribution < 1.29 is 4.52 Å².